The van der Waals surface area contributed by atoms with Crippen LogP contribution in [0.3, 0.4) is 0 Å². The van der Waals surface area contributed by atoms with Crippen LogP contribution in [-0.2, 0) is 0 Å². The summed E-state index contributed by atoms with van der Waals surface area (Å²) in [6.07, 6.45) is -8.07. The monoisotopic (exact) mass is 256 g/mol. The van der Waals surface area contributed by atoms with E-state index in [1.54, 1.807) is 6.92 Å². The second kappa shape index (κ2) is 5.20. The second-order valence-corrected chi connectivity index (χ2v) is 2.98. The van der Waals surface area contributed by atoms with Gasteiger partial charge in [-0.2, -0.15) is 0 Å². The van der Waals surface area contributed by atoms with Crippen molar-refractivity contribution in [1.29, 1.82) is 0 Å². The van der Waals surface area contributed by atoms with Crippen LogP contribution in [0.25, 0.3) is 0 Å². The van der Waals surface area contributed by atoms with Gasteiger partial charge in [-0.1, -0.05) is 0 Å². The van der Waals surface area contributed by atoms with Crippen LogP contribution in [0.15, 0.2) is 18.2 Å². The third-order valence-electron chi connectivity index (χ3n) is 1.76. The minimum Gasteiger partial charge on any atom is -0.494 e. The Morgan fingerprint density at radius 2 is 1.88 bits per heavy atom. The molecule has 0 bridgehead atoms. The summed E-state index contributed by atoms with van der Waals surface area (Å²) in [5.41, 5.74) is -0.828. The molecule has 0 unspecified atom stereocenters. The van der Waals surface area contributed by atoms with Crippen LogP contribution in [0.2, 0.25) is 0 Å². The average molecular weight is 256 g/mol. The summed E-state index contributed by atoms with van der Waals surface area (Å²) in [5.74, 6) is -0.908. The smallest absolute Gasteiger partial charge is 0.494 e. The first-order valence-corrected chi connectivity index (χ1v) is 4.64. The molecule has 7 heteroatoms. The fourth-order valence-corrected chi connectivity index (χ4v) is 1.16. The molecule has 0 saturated carbocycles. The van der Waals surface area contributed by atoms with E-state index in [0.29, 0.717) is 0 Å². The number of ether oxygens (including phenoxy) is 2. The van der Waals surface area contributed by atoms with Crippen LogP contribution in [0, 0.1) is 0 Å². The molecule has 96 valence electrons. The maximum atomic E-state index is 12.4. The molecule has 2 nitrogen and oxygen atoms in total. The molecule has 1 rings (SSSR count). The van der Waals surface area contributed by atoms with Crippen LogP contribution in [0.4, 0.5) is 22.0 Å². The molecule has 0 aromatic heterocycles. The average Bonchev–Trinajstić information content (AvgIpc) is 2.15. The van der Waals surface area contributed by atoms with Gasteiger partial charge in [0.05, 0.1) is 12.2 Å². The first kappa shape index (κ1) is 13.5. The molecule has 0 aliphatic carbocycles. The van der Waals surface area contributed by atoms with E-state index >= 15 is 0 Å². The van der Waals surface area contributed by atoms with Gasteiger partial charge in [0.2, 0.25) is 0 Å². The van der Waals surface area contributed by atoms with Crippen molar-refractivity contribution in [3.05, 3.63) is 23.8 Å². The molecule has 0 atom stereocenters. The van der Waals surface area contributed by atoms with Crippen LogP contribution < -0.4 is 9.47 Å². The van der Waals surface area contributed by atoms with Gasteiger partial charge in [-0.25, -0.2) is 8.78 Å². The summed E-state index contributed by atoms with van der Waals surface area (Å²) in [5, 5.41) is 0. The van der Waals surface area contributed by atoms with Gasteiger partial charge in [-0.05, 0) is 19.1 Å². The quantitative estimate of drug-likeness (QED) is 0.760. The Bertz CT molecular complexity index is 375. The standard InChI is InChI=1S/C10H9F5O2/c1-2-16-6-3-4-7(9(11)12)8(5-6)17-10(13,14)15/h3-5,9H,2H2,1H3. The molecule has 0 aliphatic heterocycles. The van der Waals surface area contributed by atoms with E-state index in [9.17, 15) is 22.0 Å². The van der Waals surface area contributed by atoms with E-state index < -0.39 is 24.1 Å². The van der Waals surface area contributed by atoms with Crippen molar-refractivity contribution in [2.24, 2.45) is 0 Å². The largest absolute Gasteiger partial charge is 0.573 e. The maximum Gasteiger partial charge on any atom is 0.573 e. The molecule has 17 heavy (non-hydrogen) atoms. The molecule has 1 aromatic rings. The summed E-state index contributed by atoms with van der Waals surface area (Å²) in [7, 11) is 0. The van der Waals surface area contributed by atoms with Gasteiger partial charge in [0.1, 0.15) is 11.5 Å². The Morgan fingerprint density at radius 3 is 2.35 bits per heavy atom. The number of hydrogen-bond acceptors (Lipinski definition) is 2. The SMILES string of the molecule is CCOc1ccc(C(F)F)c(OC(F)(F)F)c1. The molecule has 0 amide bonds. The lowest BCUT2D eigenvalue weighted by atomic mass is 10.2. The molecule has 1 aromatic carbocycles. The van der Waals surface area contributed by atoms with Gasteiger partial charge in [-0.3, -0.25) is 0 Å². The van der Waals surface area contributed by atoms with Gasteiger partial charge >= 0.3 is 6.36 Å². The highest BCUT2D eigenvalue weighted by molar-refractivity contribution is 5.41. The minimum atomic E-state index is -5.02. The molecule has 0 fully saturated rings. The van der Waals surface area contributed by atoms with Crippen LogP contribution >= 0.6 is 0 Å². The molecule has 0 aliphatic rings. The van der Waals surface area contributed by atoms with E-state index in [1.165, 1.54) is 0 Å². The zero-order valence-corrected chi connectivity index (χ0v) is 8.72. The summed E-state index contributed by atoms with van der Waals surface area (Å²) in [4.78, 5) is 0. The van der Waals surface area contributed by atoms with Crippen LogP contribution in [0.5, 0.6) is 11.5 Å². The summed E-state index contributed by atoms with van der Waals surface area (Å²) < 4.78 is 69.3. The zero-order chi connectivity index (χ0) is 13.1. The fourth-order valence-electron chi connectivity index (χ4n) is 1.16. The van der Waals surface area contributed by atoms with E-state index in [2.05, 4.69) is 4.74 Å². The van der Waals surface area contributed by atoms with Gasteiger partial charge in [0.15, 0.2) is 0 Å². The highest BCUT2D eigenvalue weighted by atomic mass is 19.4. The lowest BCUT2D eigenvalue weighted by Gasteiger charge is -2.14. The molecule has 0 spiro atoms. The molecule has 0 saturated heterocycles. The number of alkyl halides is 5. The Balaban J connectivity index is 3.07. The van der Waals surface area contributed by atoms with E-state index in [-0.39, 0.29) is 12.4 Å². The highest BCUT2D eigenvalue weighted by Gasteiger charge is 2.33. The van der Waals surface area contributed by atoms with Gasteiger partial charge in [0, 0.05) is 6.07 Å². The number of rotatable bonds is 4. The van der Waals surface area contributed by atoms with E-state index in [0.717, 1.165) is 18.2 Å². The minimum absolute atomic E-state index is 0.0381. The third-order valence-corrected chi connectivity index (χ3v) is 1.76. The van der Waals surface area contributed by atoms with Crippen molar-refractivity contribution < 1.29 is 31.4 Å². The molecular formula is C10H9F5O2. The van der Waals surface area contributed by atoms with Crippen LogP contribution in [0.1, 0.15) is 18.9 Å². The van der Waals surface area contributed by atoms with Gasteiger partial charge in [0.25, 0.3) is 6.43 Å². The fraction of sp³-hybridized carbons (Fsp3) is 0.400. The maximum absolute atomic E-state index is 12.4. The molecule has 0 radical (unpaired) electrons. The number of halogens is 5. The Labute approximate surface area is 93.9 Å². The summed E-state index contributed by atoms with van der Waals surface area (Å²) in [6.45, 7) is 1.82. The Morgan fingerprint density at radius 1 is 1.24 bits per heavy atom. The van der Waals surface area contributed by atoms with E-state index in [1.807, 2.05) is 0 Å². The van der Waals surface area contributed by atoms with Crippen molar-refractivity contribution in [3.8, 4) is 11.5 Å². The van der Waals surface area contributed by atoms with Crippen molar-refractivity contribution >= 4 is 0 Å². The molecule has 0 N–H and O–H groups in total. The lowest BCUT2D eigenvalue weighted by molar-refractivity contribution is -0.275. The molecule has 0 heterocycles. The number of hydrogen-bond donors (Lipinski definition) is 0. The normalized spacial score (nSPS) is 11.7. The van der Waals surface area contributed by atoms with Gasteiger partial charge < -0.3 is 9.47 Å². The van der Waals surface area contributed by atoms with Gasteiger partial charge in [-0.15, -0.1) is 13.2 Å². The predicted molar refractivity (Wildman–Crippen MR) is 49.3 cm³/mol. The second-order valence-electron chi connectivity index (χ2n) is 2.98. The van der Waals surface area contributed by atoms with Crippen molar-refractivity contribution in [3.63, 3.8) is 0 Å². The third kappa shape index (κ3) is 4.08. The highest BCUT2D eigenvalue weighted by Crippen LogP contribution is 2.35. The first-order chi connectivity index (χ1) is 7.83. The summed E-state index contributed by atoms with van der Waals surface area (Å²) in [6, 6.07) is 2.80. The van der Waals surface area contributed by atoms with Crippen molar-refractivity contribution in [2.45, 2.75) is 19.7 Å². The summed E-state index contributed by atoms with van der Waals surface area (Å²) >= 11 is 0. The lowest BCUT2D eigenvalue weighted by Crippen LogP contribution is -2.18. The topological polar surface area (TPSA) is 18.5 Å². The Kier molecular flexibility index (Phi) is 4.14. The first-order valence-electron chi connectivity index (χ1n) is 4.64. The number of benzene rings is 1. The Hall–Kier alpha value is -1.53. The van der Waals surface area contributed by atoms with Crippen molar-refractivity contribution in [1.82, 2.24) is 0 Å². The van der Waals surface area contributed by atoms with Crippen LogP contribution in [-0.4, -0.2) is 13.0 Å². The van der Waals surface area contributed by atoms with E-state index in [4.69, 9.17) is 4.74 Å². The predicted octanol–water partition coefficient (Wildman–Crippen LogP) is 3.92. The molecular weight excluding hydrogens is 247 g/mol. The van der Waals surface area contributed by atoms with Crippen molar-refractivity contribution in [2.75, 3.05) is 6.61 Å². The zero-order valence-electron chi connectivity index (χ0n) is 8.72.